The number of amides is 3. The molecule has 1 aliphatic heterocycles. The highest BCUT2D eigenvalue weighted by atomic mass is 19.1. The first-order valence-corrected chi connectivity index (χ1v) is 9.69. The minimum absolute atomic E-state index is 0.214. The number of rotatable bonds is 4. The van der Waals surface area contributed by atoms with E-state index < -0.39 is 11.6 Å². The highest BCUT2D eigenvalue weighted by Gasteiger charge is 2.52. The number of carbonyl (C=O) groups is 2. The maximum Gasteiger partial charge on any atom is 0.332 e. The van der Waals surface area contributed by atoms with Gasteiger partial charge in [-0.05, 0) is 74.1 Å². The van der Waals surface area contributed by atoms with E-state index in [2.05, 4.69) is 6.07 Å². The van der Waals surface area contributed by atoms with Crippen LogP contribution in [0.15, 0.2) is 36.4 Å². The van der Waals surface area contributed by atoms with Crippen LogP contribution in [0, 0.1) is 17.1 Å². The van der Waals surface area contributed by atoms with Crippen molar-refractivity contribution in [3.8, 4) is 6.07 Å². The summed E-state index contributed by atoms with van der Waals surface area (Å²) in [6.45, 7) is 3.65. The first kappa shape index (κ1) is 19.2. The van der Waals surface area contributed by atoms with Crippen molar-refractivity contribution in [3.63, 3.8) is 0 Å². The predicted octanol–water partition coefficient (Wildman–Crippen LogP) is 2.58. The number of halogens is 1. The molecular formula is C22H21BFN3O2. The Labute approximate surface area is 170 Å². The monoisotopic (exact) mass is 389 g/mol. The SMILES string of the molecule is Bc1cc(F)ccc1CN1C(=O)N(c2ccc(C#N)c(C3CC3)c2)C(=O)C1(C)C. The third-order valence-electron chi connectivity index (χ3n) is 5.89. The van der Waals surface area contributed by atoms with E-state index in [1.165, 1.54) is 21.9 Å². The van der Waals surface area contributed by atoms with Gasteiger partial charge in [-0.1, -0.05) is 11.5 Å². The van der Waals surface area contributed by atoms with E-state index in [4.69, 9.17) is 0 Å². The number of nitrogens with zero attached hydrogens (tertiary/aromatic N) is 3. The Bertz CT molecular complexity index is 1070. The van der Waals surface area contributed by atoms with Crippen LogP contribution in [0.3, 0.4) is 0 Å². The summed E-state index contributed by atoms with van der Waals surface area (Å²) in [4.78, 5) is 29.1. The number of anilines is 1. The first-order valence-electron chi connectivity index (χ1n) is 9.69. The van der Waals surface area contributed by atoms with Gasteiger partial charge in [0.05, 0.1) is 17.3 Å². The number of urea groups is 1. The van der Waals surface area contributed by atoms with Crippen molar-refractivity contribution in [2.75, 3.05) is 4.90 Å². The lowest BCUT2D eigenvalue weighted by Gasteiger charge is -2.28. The second kappa shape index (κ2) is 6.73. The zero-order chi connectivity index (χ0) is 20.9. The third-order valence-corrected chi connectivity index (χ3v) is 5.89. The van der Waals surface area contributed by atoms with E-state index in [1.54, 1.807) is 46.0 Å². The molecule has 1 saturated carbocycles. The van der Waals surface area contributed by atoms with Gasteiger partial charge in [0.1, 0.15) is 19.2 Å². The molecule has 0 bridgehead atoms. The second-order valence-corrected chi connectivity index (χ2v) is 8.30. The fourth-order valence-electron chi connectivity index (χ4n) is 3.86. The summed E-state index contributed by atoms with van der Waals surface area (Å²) < 4.78 is 13.4. The van der Waals surface area contributed by atoms with Crippen LogP contribution in [0.25, 0.3) is 0 Å². The van der Waals surface area contributed by atoms with Gasteiger partial charge in [0.2, 0.25) is 0 Å². The van der Waals surface area contributed by atoms with Crippen molar-refractivity contribution in [1.82, 2.24) is 4.90 Å². The highest BCUT2D eigenvalue weighted by molar-refractivity contribution is 6.33. The van der Waals surface area contributed by atoms with E-state index in [0.29, 0.717) is 17.2 Å². The van der Waals surface area contributed by atoms with Crippen LogP contribution < -0.4 is 10.4 Å². The topological polar surface area (TPSA) is 64.4 Å². The van der Waals surface area contributed by atoms with Crippen molar-refractivity contribution in [1.29, 1.82) is 5.26 Å². The Kier molecular flexibility index (Phi) is 4.46. The summed E-state index contributed by atoms with van der Waals surface area (Å²) in [6.07, 6.45) is 2.03. The van der Waals surface area contributed by atoms with E-state index in [1.807, 2.05) is 0 Å². The van der Waals surface area contributed by atoms with E-state index in [0.717, 1.165) is 29.4 Å². The molecule has 4 rings (SSSR count). The van der Waals surface area contributed by atoms with Crippen LogP contribution in [0.4, 0.5) is 14.9 Å². The van der Waals surface area contributed by atoms with Crippen molar-refractivity contribution in [3.05, 3.63) is 58.9 Å². The molecule has 29 heavy (non-hydrogen) atoms. The zero-order valence-electron chi connectivity index (χ0n) is 16.7. The van der Waals surface area contributed by atoms with Gasteiger partial charge >= 0.3 is 6.03 Å². The Morgan fingerprint density at radius 3 is 2.55 bits per heavy atom. The number of hydrogen-bond acceptors (Lipinski definition) is 3. The molecule has 0 N–H and O–H groups in total. The normalized spacial score (nSPS) is 18.3. The van der Waals surface area contributed by atoms with Gasteiger partial charge in [0, 0.05) is 6.54 Å². The van der Waals surface area contributed by atoms with E-state index in [9.17, 15) is 19.2 Å². The Hall–Kier alpha value is -3.14. The lowest BCUT2D eigenvalue weighted by atomic mass is 9.89. The number of carbonyl (C=O) groups excluding carboxylic acids is 2. The van der Waals surface area contributed by atoms with Gasteiger partial charge in [0.25, 0.3) is 5.91 Å². The van der Waals surface area contributed by atoms with E-state index >= 15 is 0 Å². The standard InChI is InChI=1S/C22H21BFN3O2/c1-22(2)20(28)27(17-8-6-14(11-25)18(10-17)13-3-4-13)21(29)26(22)12-15-5-7-16(24)9-19(15)23/h5-10,13H,3-4,12,23H2,1-2H3. The smallest absolute Gasteiger partial charge is 0.305 e. The lowest BCUT2D eigenvalue weighted by molar-refractivity contribution is -0.123. The van der Waals surface area contributed by atoms with Crippen molar-refractivity contribution in [2.45, 2.75) is 44.7 Å². The molecule has 1 aliphatic carbocycles. The molecule has 1 heterocycles. The number of nitriles is 1. The highest BCUT2D eigenvalue weighted by Crippen LogP contribution is 2.43. The van der Waals surface area contributed by atoms with E-state index in [-0.39, 0.29) is 18.3 Å². The fraction of sp³-hybridized carbons (Fsp3) is 0.318. The predicted molar refractivity (Wildman–Crippen MR) is 110 cm³/mol. The fourth-order valence-corrected chi connectivity index (χ4v) is 3.86. The quantitative estimate of drug-likeness (QED) is 0.597. The molecule has 2 aromatic carbocycles. The summed E-state index contributed by atoms with van der Waals surface area (Å²) in [6, 6.07) is 11.4. The van der Waals surface area contributed by atoms with Crippen LogP contribution in [0.1, 0.15) is 49.3 Å². The lowest BCUT2D eigenvalue weighted by Crippen LogP contribution is -2.44. The molecule has 0 radical (unpaired) electrons. The molecule has 0 atom stereocenters. The first-order chi connectivity index (χ1) is 13.7. The molecule has 146 valence electrons. The Morgan fingerprint density at radius 2 is 1.93 bits per heavy atom. The van der Waals surface area contributed by atoms with Gasteiger partial charge in [-0.3, -0.25) is 4.79 Å². The van der Waals surface area contributed by atoms with Crippen LogP contribution in [0.5, 0.6) is 0 Å². The number of benzene rings is 2. The largest absolute Gasteiger partial charge is 0.332 e. The van der Waals surface area contributed by atoms with Gasteiger partial charge in [0.15, 0.2) is 0 Å². The molecule has 5 nitrogen and oxygen atoms in total. The molecular weight excluding hydrogens is 368 g/mol. The molecule has 0 unspecified atom stereocenters. The van der Waals surface area contributed by atoms with Crippen LogP contribution in [0.2, 0.25) is 0 Å². The summed E-state index contributed by atoms with van der Waals surface area (Å²) in [7, 11) is 1.79. The van der Waals surface area contributed by atoms with Gasteiger partial charge < -0.3 is 4.90 Å². The molecule has 2 fully saturated rings. The van der Waals surface area contributed by atoms with Crippen molar-refractivity contribution < 1.29 is 14.0 Å². The second-order valence-electron chi connectivity index (χ2n) is 8.30. The Morgan fingerprint density at radius 1 is 1.21 bits per heavy atom. The molecule has 7 heteroatoms. The van der Waals surface area contributed by atoms with Crippen LogP contribution in [-0.2, 0) is 11.3 Å². The summed E-state index contributed by atoms with van der Waals surface area (Å²) in [5, 5.41) is 9.36. The molecule has 0 aromatic heterocycles. The van der Waals surface area contributed by atoms with Crippen LogP contribution >= 0.6 is 0 Å². The minimum atomic E-state index is -1.04. The van der Waals surface area contributed by atoms with Crippen molar-refractivity contribution in [2.24, 2.45) is 0 Å². The Balaban J connectivity index is 1.70. The molecule has 0 spiro atoms. The zero-order valence-corrected chi connectivity index (χ0v) is 16.7. The van der Waals surface area contributed by atoms with Gasteiger partial charge in [-0.25, -0.2) is 14.1 Å². The maximum absolute atomic E-state index is 13.4. The summed E-state index contributed by atoms with van der Waals surface area (Å²) >= 11 is 0. The molecule has 2 aliphatic rings. The molecule has 1 saturated heterocycles. The minimum Gasteiger partial charge on any atom is -0.305 e. The average molecular weight is 389 g/mol. The third kappa shape index (κ3) is 3.19. The maximum atomic E-state index is 13.4. The number of hydrogen-bond donors (Lipinski definition) is 0. The summed E-state index contributed by atoms with van der Waals surface area (Å²) in [5.74, 6) is -0.321. The molecule has 3 amide bonds. The van der Waals surface area contributed by atoms with Gasteiger partial charge in [-0.15, -0.1) is 0 Å². The van der Waals surface area contributed by atoms with Crippen molar-refractivity contribution >= 4 is 30.9 Å². The number of imide groups is 1. The summed E-state index contributed by atoms with van der Waals surface area (Å²) in [5.41, 5.74) is 2.47. The molecule has 2 aromatic rings. The van der Waals surface area contributed by atoms with Crippen LogP contribution in [-0.4, -0.2) is 30.2 Å². The average Bonchev–Trinajstić information content (AvgIpc) is 3.49. The van der Waals surface area contributed by atoms with Gasteiger partial charge in [-0.2, -0.15) is 5.26 Å².